The van der Waals surface area contributed by atoms with Gasteiger partial charge in [0.15, 0.2) is 0 Å². The van der Waals surface area contributed by atoms with Crippen LogP contribution in [-0.2, 0) is 0 Å². The number of imidazole rings is 1. The molecule has 2 aromatic rings. The van der Waals surface area contributed by atoms with Crippen LogP contribution < -0.4 is 0 Å². The van der Waals surface area contributed by atoms with Crippen molar-refractivity contribution in [3.8, 4) is 0 Å². The number of pyridine rings is 1. The van der Waals surface area contributed by atoms with Crippen LogP contribution in [0.15, 0.2) is 48.3 Å². The van der Waals surface area contributed by atoms with Crippen molar-refractivity contribution in [3.05, 3.63) is 48.8 Å². The second-order valence-electron chi connectivity index (χ2n) is 3.31. The Morgan fingerprint density at radius 3 is 3.00 bits per heavy atom. The average Bonchev–Trinajstić information content (AvgIpc) is 2.90. The van der Waals surface area contributed by atoms with Crippen LogP contribution in [0.3, 0.4) is 0 Å². The lowest BCUT2D eigenvalue weighted by molar-refractivity contribution is 0.212. The van der Waals surface area contributed by atoms with Crippen LogP contribution in [-0.4, -0.2) is 38.8 Å². The third kappa shape index (κ3) is 2.75. The monoisotopic (exact) mass is 229 g/mol. The molecule has 0 aliphatic rings. The van der Waals surface area contributed by atoms with Gasteiger partial charge in [-0.2, -0.15) is 5.10 Å². The maximum absolute atomic E-state index is 11.7. The Labute approximate surface area is 98.2 Å². The van der Waals surface area contributed by atoms with Crippen LogP contribution >= 0.6 is 0 Å². The lowest BCUT2D eigenvalue weighted by atomic mass is 10.3. The summed E-state index contributed by atoms with van der Waals surface area (Å²) in [4.78, 5) is 19.5. The first-order valence-electron chi connectivity index (χ1n) is 4.97. The minimum Gasteiger partial charge on any atom is -0.264 e. The van der Waals surface area contributed by atoms with E-state index in [2.05, 4.69) is 15.1 Å². The van der Waals surface area contributed by atoms with Crippen molar-refractivity contribution in [1.82, 2.24) is 19.5 Å². The zero-order valence-corrected chi connectivity index (χ0v) is 9.26. The van der Waals surface area contributed by atoms with Gasteiger partial charge in [0.1, 0.15) is 6.33 Å². The van der Waals surface area contributed by atoms with E-state index in [-0.39, 0.29) is 6.03 Å². The standard InChI is InChI=1S/C11H11N5O/c1-15(11(17)16-6-5-13-9-16)14-8-10-3-2-4-12-7-10/h2-9H,1H3/b14-8+. The Kier molecular flexibility index (Phi) is 3.25. The van der Waals surface area contributed by atoms with Crippen LogP contribution in [0.2, 0.25) is 0 Å². The SMILES string of the molecule is CN(/N=C/c1cccnc1)C(=O)n1ccnc1. The summed E-state index contributed by atoms with van der Waals surface area (Å²) in [7, 11) is 1.58. The number of carbonyl (C=O) groups is 1. The van der Waals surface area contributed by atoms with Gasteiger partial charge < -0.3 is 0 Å². The summed E-state index contributed by atoms with van der Waals surface area (Å²) in [6.07, 6.45) is 9.45. The van der Waals surface area contributed by atoms with Gasteiger partial charge in [0.05, 0.1) is 6.21 Å². The van der Waals surface area contributed by atoms with Crippen LogP contribution in [0.25, 0.3) is 0 Å². The lowest BCUT2D eigenvalue weighted by Gasteiger charge is -2.10. The highest BCUT2D eigenvalue weighted by Crippen LogP contribution is 1.96. The Bertz CT molecular complexity index is 506. The molecule has 0 saturated carbocycles. The molecule has 0 radical (unpaired) electrons. The second-order valence-corrected chi connectivity index (χ2v) is 3.31. The molecule has 0 atom stereocenters. The molecule has 17 heavy (non-hydrogen) atoms. The molecule has 0 saturated heterocycles. The molecule has 1 amide bonds. The molecule has 0 aromatic carbocycles. The Morgan fingerprint density at radius 2 is 2.35 bits per heavy atom. The average molecular weight is 229 g/mol. The lowest BCUT2D eigenvalue weighted by Crippen LogP contribution is -2.25. The van der Waals surface area contributed by atoms with Gasteiger partial charge in [-0.15, -0.1) is 0 Å². The first kappa shape index (κ1) is 11.0. The number of amides is 1. The molecule has 0 aliphatic heterocycles. The summed E-state index contributed by atoms with van der Waals surface area (Å²) in [6.45, 7) is 0. The van der Waals surface area contributed by atoms with Crippen LogP contribution in [0, 0.1) is 0 Å². The van der Waals surface area contributed by atoms with Gasteiger partial charge in [0.2, 0.25) is 0 Å². The molecule has 2 aromatic heterocycles. The van der Waals surface area contributed by atoms with Gasteiger partial charge in [-0.3, -0.25) is 9.55 Å². The summed E-state index contributed by atoms with van der Waals surface area (Å²) in [5, 5.41) is 5.25. The van der Waals surface area contributed by atoms with Crippen molar-refractivity contribution in [2.24, 2.45) is 5.10 Å². The van der Waals surface area contributed by atoms with E-state index >= 15 is 0 Å². The largest absolute Gasteiger partial charge is 0.349 e. The van der Waals surface area contributed by atoms with Crippen molar-refractivity contribution in [2.45, 2.75) is 0 Å². The minimum atomic E-state index is -0.275. The number of nitrogens with zero attached hydrogens (tertiary/aromatic N) is 5. The van der Waals surface area contributed by atoms with Gasteiger partial charge in [0, 0.05) is 37.4 Å². The van der Waals surface area contributed by atoms with Gasteiger partial charge in [-0.25, -0.2) is 14.8 Å². The number of rotatable bonds is 2. The zero-order valence-electron chi connectivity index (χ0n) is 9.26. The summed E-state index contributed by atoms with van der Waals surface area (Å²) >= 11 is 0. The number of hydrogen-bond acceptors (Lipinski definition) is 4. The fraction of sp³-hybridized carbons (Fsp3) is 0.0909. The first-order valence-corrected chi connectivity index (χ1v) is 4.97. The minimum absolute atomic E-state index is 0.275. The smallest absolute Gasteiger partial charge is 0.264 e. The number of carbonyl (C=O) groups excluding carboxylic acids is 1. The highest BCUT2D eigenvalue weighted by atomic mass is 16.2. The normalized spacial score (nSPS) is 10.6. The quantitative estimate of drug-likeness (QED) is 0.574. The Hall–Kier alpha value is -2.50. The third-order valence-corrected chi connectivity index (χ3v) is 2.07. The highest BCUT2D eigenvalue weighted by molar-refractivity contribution is 5.82. The predicted molar refractivity (Wildman–Crippen MR) is 62.6 cm³/mol. The highest BCUT2D eigenvalue weighted by Gasteiger charge is 2.07. The molecular formula is C11H11N5O. The number of aromatic nitrogens is 3. The van der Waals surface area contributed by atoms with E-state index in [9.17, 15) is 4.79 Å². The van der Waals surface area contributed by atoms with Crippen LogP contribution in [0.4, 0.5) is 4.79 Å². The van der Waals surface area contributed by atoms with Crippen LogP contribution in [0.1, 0.15) is 5.56 Å². The Morgan fingerprint density at radius 1 is 1.47 bits per heavy atom. The molecule has 6 heteroatoms. The Balaban J connectivity index is 2.05. The molecule has 0 spiro atoms. The van der Waals surface area contributed by atoms with Crippen molar-refractivity contribution >= 4 is 12.2 Å². The summed E-state index contributed by atoms with van der Waals surface area (Å²) in [5.41, 5.74) is 0.831. The molecule has 86 valence electrons. The van der Waals surface area contributed by atoms with E-state index in [1.54, 1.807) is 37.9 Å². The van der Waals surface area contributed by atoms with E-state index < -0.39 is 0 Å². The molecule has 2 heterocycles. The fourth-order valence-electron chi connectivity index (χ4n) is 1.19. The maximum Gasteiger partial charge on any atom is 0.349 e. The molecule has 6 nitrogen and oxygen atoms in total. The van der Waals surface area contributed by atoms with Gasteiger partial charge in [0.25, 0.3) is 0 Å². The van der Waals surface area contributed by atoms with Crippen molar-refractivity contribution < 1.29 is 4.79 Å². The molecule has 0 unspecified atom stereocenters. The van der Waals surface area contributed by atoms with E-state index in [1.807, 2.05) is 6.07 Å². The molecular weight excluding hydrogens is 218 g/mol. The van der Waals surface area contributed by atoms with E-state index in [0.717, 1.165) is 5.56 Å². The third-order valence-electron chi connectivity index (χ3n) is 2.07. The van der Waals surface area contributed by atoms with Gasteiger partial charge in [-0.1, -0.05) is 6.07 Å². The summed E-state index contributed by atoms with van der Waals surface area (Å²) in [6, 6.07) is 3.38. The summed E-state index contributed by atoms with van der Waals surface area (Å²) in [5.74, 6) is 0. The number of hydrogen-bond donors (Lipinski definition) is 0. The molecule has 0 aliphatic carbocycles. The van der Waals surface area contributed by atoms with Gasteiger partial charge in [-0.05, 0) is 6.07 Å². The zero-order chi connectivity index (χ0) is 12.1. The van der Waals surface area contributed by atoms with Crippen molar-refractivity contribution in [3.63, 3.8) is 0 Å². The molecule has 0 bridgehead atoms. The second kappa shape index (κ2) is 5.02. The molecule has 0 N–H and O–H groups in total. The van der Waals surface area contributed by atoms with Crippen LogP contribution in [0.5, 0.6) is 0 Å². The predicted octanol–water partition coefficient (Wildman–Crippen LogP) is 1.21. The molecule has 2 rings (SSSR count). The topological polar surface area (TPSA) is 63.4 Å². The molecule has 0 fully saturated rings. The first-order chi connectivity index (χ1) is 8.27. The fourth-order valence-corrected chi connectivity index (χ4v) is 1.19. The van der Waals surface area contributed by atoms with E-state index in [4.69, 9.17) is 0 Å². The van der Waals surface area contributed by atoms with Crippen molar-refractivity contribution in [2.75, 3.05) is 7.05 Å². The van der Waals surface area contributed by atoms with Crippen molar-refractivity contribution in [1.29, 1.82) is 0 Å². The van der Waals surface area contributed by atoms with E-state index in [1.165, 1.54) is 22.1 Å². The summed E-state index contributed by atoms with van der Waals surface area (Å²) < 4.78 is 1.35. The number of hydrazone groups is 1. The van der Waals surface area contributed by atoms with Gasteiger partial charge >= 0.3 is 6.03 Å². The van der Waals surface area contributed by atoms with E-state index in [0.29, 0.717) is 0 Å². The maximum atomic E-state index is 11.7.